The molecule has 154 valence electrons. The van der Waals surface area contributed by atoms with Crippen molar-refractivity contribution in [2.24, 2.45) is 11.8 Å². The average molecular weight is 382 g/mol. The minimum Gasteiger partial charge on any atom is -0.394 e. The van der Waals surface area contributed by atoms with Gasteiger partial charge in [0.05, 0.1) is 38.1 Å². The molecule has 0 radical (unpaired) electrons. The fourth-order valence-corrected chi connectivity index (χ4v) is 3.56. The van der Waals surface area contributed by atoms with Crippen LogP contribution in [0.2, 0.25) is 0 Å². The lowest BCUT2D eigenvalue weighted by atomic mass is 9.86. The van der Waals surface area contributed by atoms with Gasteiger partial charge in [0.25, 0.3) is 0 Å². The number of aliphatic hydroxyl groups excluding tert-OH is 6. The summed E-state index contributed by atoms with van der Waals surface area (Å²) in [6, 6.07) is 0. The van der Waals surface area contributed by atoms with Crippen LogP contribution in [0, 0.1) is 11.8 Å². The third kappa shape index (κ3) is 4.36. The number of methoxy groups -OCH3 is 1. The largest absolute Gasteiger partial charge is 0.394 e. The first-order valence-electron chi connectivity index (χ1n) is 8.78. The molecule has 4 unspecified atom stereocenters. The summed E-state index contributed by atoms with van der Waals surface area (Å²) >= 11 is 0. The third-order valence-corrected chi connectivity index (χ3v) is 5.22. The Balaban J connectivity index is 2.03. The van der Waals surface area contributed by atoms with Crippen molar-refractivity contribution in [2.75, 3.05) is 26.9 Å². The zero-order chi connectivity index (χ0) is 19.4. The van der Waals surface area contributed by atoms with Gasteiger partial charge in [0.15, 0.2) is 12.6 Å². The van der Waals surface area contributed by atoms with Crippen LogP contribution in [-0.4, -0.2) is 107 Å². The molecule has 26 heavy (non-hydrogen) atoms. The standard InChI is InChI=1S/C16H30O10/c1-3-7-11(19)10(5-18)26-16(13(7)21)24-6-8-9(4-17)25-15(23-2)14(22)12(8)20/h7-22H,3-6H2,1-2H3/t7-,8-,9?,10?,11+,12-,13?,14?,15-,16-/m1/s1. The fraction of sp³-hybridized carbons (Fsp3) is 1.00. The van der Waals surface area contributed by atoms with Gasteiger partial charge >= 0.3 is 0 Å². The van der Waals surface area contributed by atoms with E-state index in [-0.39, 0.29) is 6.61 Å². The highest BCUT2D eigenvalue weighted by Crippen LogP contribution is 2.31. The molecule has 0 amide bonds. The second-order valence-electron chi connectivity index (χ2n) is 6.72. The highest BCUT2D eigenvalue weighted by atomic mass is 16.7. The van der Waals surface area contributed by atoms with Crippen molar-refractivity contribution in [1.82, 2.24) is 0 Å². The van der Waals surface area contributed by atoms with Crippen LogP contribution in [0.1, 0.15) is 13.3 Å². The van der Waals surface area contributed by atoms with Crippen LogP contribution in [0.4, 0.5) is 0 Å². The topological polar surface area (TPSA) is 158 Å². The van der Waals surface area contributed by atoms with Crippen LogP contribution in [0.25, 0.3) is 0 Å². The second-order valence-corrected chi connectivity index (χ2v) is 6.72. The van der Waals surface area contributed by atoms with Gasteiger partial charge in [-0.25, -0.2) is 0 Å². The highest BCUT2D eigenvalue weighted by Gasteiger charge is 2.47. The quantitative estimate of drug-likeness (QED) is 0.271. The minimum absolute atomic E-state index is 0.188. The molecule has 2 aliphatic heterocycles. The Hall–Kier alpha value is -0.400. The fourth-order valence-electron chi connectivity index (χ4n) is 3.56. The van der Waals surface area contributed by atoms with Crippen molar-refractivity contribution in [3.05, 3.63) is 0 Å². The van der Waals surface area contributed by atoms with Gasteiger partial charge in [0.1, 0.15) is 18.3 Å². The summed E-state index contributed by atoms with van der Waals surface area (Å²) in [4.78, 5) is 0. The summed E-state index contributed by atoms with van der Waals surface area (Å²) in [6.07, 6.45) is -8.29. The molecule has 10 nitrogen and oxygen atoms in total. The van der Waals surface area contributed by atoms with E-state index in [0.29, 0.717) is 6.42 Å². The molecule has 6 N–H and O–H groups in total. The molecule has 0 bridgehead atoms. The van der Waals surface area contributed by atoms with Crippen molar-refractivity contribution in [3.8, 4) is 0 Å². The molecular weight excluding hydrogens is 352 g/mol. The zero-order valence-corrected chi connectivity index (χ0v) is 14.9. The normalized spacial score (nSPS) is 47.1. The summed E-state index contributed by atoms with van der Waals surface area (Å²) in [5.74, 6) is -1.34. The number of hydrogen-bond donors (Lipinski definition) is 6. The summed E-state index contributed by atoms with van der Waals surface area (Å²) in [7, 11) is 1.31. The lowest BCUT2D eigenvalue weighted by molar-refractivity contribution is -0.315. The molecule has 2 rings (SSSR count). The molecule has 2 fully saturated rings. The maximum atomic E-state index is 10.4. The van der Waals surface area contributed by atoms with Crippen LogP contribution < -0.4 is 0 Å². The maximum absolute atomic E-state index is 10.4. The molecule has 0 saturated carbocycles. The van der Waals surface area contributed by atoms with Crippen molar-refractivity contribution >= 4 is 0 Å². The Bertz CT molecular complexity index is 422. The molecule has 0 aromatic carbocycles. The molecule has 2 heterocycles. The van der Waals surface area contributed by atoms with Crippen molar-refractivity contribution in [3.63, 3.8) is 0 Å². The molecule has 0 aromatic heterocycles. The second kappa shape index (κ2) is 9.69. The van der Waals surface area contributed by atoms with Crippen molar-refractivity contribution in [2.45, 2.75) is 62.5 Å². The van der Waals surface area contributed by atoms with E-state index < -0.39 is 74.3 Å². The Kier molecular flexibility index (Phi) is 8.16. The number of hydrogen-bond acceptors (Lipinski definition) is 10. The van der Waals surface area contributed by atoms with Crippen molar-refractivity contribution in [1.29, 1.82) is 0 Å². The third-order valence-electron chi connectivity index (χ3n) is 5.22. The van der Waals surface area contributed by atoms with E-state index in [1.165, 1.54) is 7.11 Å². The minimum atomic E-state index is -1.33. The van der Waals surface area contributed by atoms with Gasteiger partial charge in [0.2, 0.25) is 0 Å². The van der Waals surface area contributed by atoms with Gasteiger partial charge in [0, 0.05) is 18.9 Å². The van der Waals surface area contributed by atoms with Crippen LogP contribution in [0.3, 0.4) is 0 Å². The summed E-state index contributed by atoms with van der Waals surface area (Å²) in [5, 5.41) is 59.6. The molecule has 2 saturated heterocycles. The molecule has 2 aliphatic rings. The monoisotopic (exact) mass is 382 g/mol. The van der Waals surface area contributed by atoms with E-state index in [9.17, 15) is 30.6 Å². The van der Waals surface area contributed by atoms with Crippen LogP contribution >= 0.6 is 0 Å². The van der Waals surface area contributed by atoms with Gasteiger partial charge in [-0.2, -0.15) is 0 Å². The van der Waals surface area contributed by atoms with Gasteiger partial charge in [-0.05, 0) is 6.42 Å². The van der Waals surface area contributed by atoms with Gasteiger partial charge in [-0.1, -0.05) is 6.92 Å². The van der Waals surface area contributed by atoms with Crippen molar-refractivity contribution < 1.29 is 49.6 Å². The molecule has 0 spiro atoms. The van der Waals surface area contributed by atoms with E-state index in [2.05, 4.69) is 0 Å². The molecular formula is C16H30O10. The smallest absolute Gasteiger partial charge is 0.186 e. The first kappa shape index (κ1) is 21.9. The maximum Gasteiger partial charge on any atom is 0.186 e. The van der Waals surface area contributed by atoms with E-state index in [0.717, 1.165) is 0 Å². The van der Waals surface area contributed by atoms with Crippen LogP contribution in [0.15, 0.2) is 0 Å². The average Bonchev–Trinajstić information content (AvgIpc) is 2.64. The Morgan fingerprint density at radius 1 is 0.769 bits per heavy atom. The predicted molar refractivity (Wildman–Crippen MR) is 85.8 cm³/mol. The van der Waals surface area contributed by atoms with Gasteiger partial charge < -0.3 is 49.6 Å². The molecule has 0 aliphatic carbocycles. The summed E-state index contributed by atoms with van der Waals surface area (Å²) in [6.45, 7) is 0.732. The van der Waals surface area contributed by atoms with Gasteiger partial charge in [-0.15, -0.1) is 0 Å². The number of aliphatic hydroxyl groups is 6. The van der Waals surface area contributed by atoms with E-state index >= 15 is 0 Å². The van der Waals surface area contributed by atoms with E-state index in [1.807, 2.05) is 0 Å². The van der Waals surface area contributed by atoms with E-state index in [4.69, 9.17) is 18.9 Å². The molecule has 0 aromatic rings. The number of ether oxygens (including phenoxy) is 4. The lowest BCUT2D eigenvalue weighted by Crippen LogP contribution is -2.59. The number of rotatable bonds is 7. The Labute approximate surface area is 151 Å². The zero-order valence-electron chi connectivity index (χ0n) is 14.9. The Morgan fingerprint density at radius 2 is 1.38 bits per heavy atom. The van der Waals surface area contributed by atoms with Crippen LogP contribution in [0.5, 0.6) is 0 Å². The highest BCUT2D eigenvalue weighted by molar-refractivity contribution is 4.91. The molecule has 10 heteroatoms. The molecule has 10 atom stereocenters. The predicted octanol–water partition coefficient (Wildman–Crippen LogP) is -2.83. The van der Waals surface area contributed by atoms with Gasteiger partial charge in [-0.3, -0.25) is 0 Å². The first-order chi connectivity index (χ1) is 12.4. The SMILES string of the molecule is CC[C@H]1C(O)[C@H](OC[C@@H]2C(CO)O[C@@H](OC)C(O)[C@@H]2O)OC(CO)[C@H]1O. The van der Waals surface area contributed by atoms with E-state index in [1.54, 1.807) is 6.92 Å². The first-order valence-corrected chi connectivity index (χ1v) is 8.78. The Morgan fingerprint density at radius 3 is 1.92 bits per heavy atom. The van der Waals surface area contributed by atoms with Crippen LogP contribution in [-0.2, 0) is 18.9 Å². The summed E-state index contributed by atoms with van der Waals surface area (Å²) < 4.78 is 21.3. The lowest BCUT2D eigenvalue weighted by Gasteiger charge is -2.44. The summed E-state index contributed by atoms with van der Waals surface area (Å²) in [5.41, 5.74) is 0.